The van der Waals surface area contributed by atoms with Crippen LogP contribution in [0.3, 0.4) is 0 Å². The third kappa shape index (κ3) is 3.27. The Hall–Kier alpha value is -0.0900. The molecule has 8 heteroatoms. The molecule has 0 spiro atoms. The molecule has 4 nitrogen and oxygen atoms in total. The molecular weight excluding hydrogens is 368 g/mol. The molecule has 106 valence electrons. The van der Waals surface area contributed by atoms with E-state index in [0.29, 0.717) is 6.42 Å². The summed E-state index contributed by atoms with van der Waals surface area (Å²) in [7, 11) is 0. The number of carbonyl (C=O) groups excluding carboxylic acids is 1. The summed E-state index contributed by atoms with van der Waals surface area (Å²) in [6.07, 6.45) is -6.28. The first kappa shape index (κ1) is 16.0. The first-order chi connectivity index (χ1) is 8.02. The Labute approximate surface area is 116 Å². The molecule has 0 aromatic heterocycles. The summed E-state index contributed by atoms with van der Waals surface area (Å²) in [5.74, 6) is -3.82. The van der Waals surface area contributed by atoms with Crippen LogP contribution in [0, 0.1) is 0 Å². The highest BCUT2D eigenvalue weighted by Gasteiger charge is 2.60. The summed E-state index contributed by atoms with van der Waals surface area (Å²) in [6.45, 7) is 2.94. The fourth-order valence-electron chi connectivity index (χ4n) is 1.35. The van der Waals surface area contributed by atoms with Crippen molar-refractivity contribution in [3.05, 3.63) is 0 Å². The van der Waals surface area contributed by atoms with Crippen molar-refractivity contribution in [1.29, 1.82) is 0 Å². The molecule has 1 heterocycles. The number of hydrogen-bond donors (Lipinski definition) is 1. The van der Waals surface area contributed by atoms with Gasteiger partial charge in [0, 0.05) is 0 Å². The summed E-state index contributed by atoms with van der Waals surface area (Å²) >= 11 is 1.88. The van der Waals surface area contributed by atoms with Gasteiger partial charge in [-0.2, -0.15) is 13.2 Å². The van der Waals surface area contributed by atoms with Gasteiger partial charge in [-0.25, -0.2) is 0 Å². The highest BCUT2D eigenvalue weighted by Crippen LogP contribution is 2.40. The van der Waals surface area contributed by atoms with Crippen LogP contribution in [-0.4, -0.2) is 39.2 Å². The number of aliphatic hydroxyl groups is 1. The zero-order chi connectivity index (χ0) is 14.2. The van der Waals surface area contributed by atoms with E-state index in [1.54, 1.807) is 13.8 Å². The molecule has 0 aromatic rings. The number of hydrogen-bond acceptors (Lipinski definition) is 4. The number of esters is 1. The Morgan fingerprint density at radius 1 is 1.61 bits per heavy atom. The fraction of sp³-hybridized carbons (Fsp3) is 0.900. The molecule has 1 aliphatic heterocycles. The lowest BCUT2D eigenvalue weighted by atomic mass is 10.1. The van der Waals surface area contributed by atoms with Gasteiger partial charge in [0.15, 0.2) is 0 Å². The van der Waals surface area contributed by atoms with Gasteiger partial charge in [-0.1, -0.05) is 29.5 Å². The van der Waals surface area contributed by atoms with Crippen LogP contribution >= 0.6 is 22.6 Å². The zero-order valence-electron chi connectivity index (χ0n) is 9.88. The van der Waals surface area contributed by atoms with E-state index >= 15 is 0 Å². The fourth-order valence-corrected chi connectivity index (χ4v) is 1.48. The monoisotopic (exact) mass is 382 g/mol. The largest absolute Gasteiger partial charge is 0.459 e. The summed E-state index contributed by atoms with van der Waals surface area (Å²) in [6, 6.07) is 0. The number of halogens is 4. The van der Waals surface area contributed by atoms with Crippen LogP contribution in [0.2, 0.25) is 0 Å². The van der Waals surface area contributed by atoms with Crippen molar-refractivity contribution in [3.8, 4) is 0 Å². The van der Waals surface area contributed by atoms with Crippen LogP contribution in [0.5, 0.6) is 0 Å². The van der Waals surface area contributed by atoms with Gasteiger partial charge in [0.2, 0.25) is 0 Å². The average molecular weight is 382 g/mol. The maximum Gasteiger partial charge on any atom is 0.443 e. The summed E-state index contributed by atoms with van der Waals surface area (Å²) in [5, 5.41) is 9.23. The predicted octanol–water partition coefficient (Wildman–Crippen LogP) is 2.17. The van der Waals surface area contributed by atoms with Crippen molar-refractivity contribution in [1.82, 2.24) is 0 Å². The van der Waals surface area contributed by atoms with E-state index in [1.165, 1.54) is 0 Å². The molecule has 1 saturated heterocycles. The second kappa shape index (κ2) is 5.12. The number of ether oxygens (including phenoxy) is 2. The normalized spacial score (nSPS) is 32.1. The lowest BCUT2D eigenvalue weighted by Gasteiger charge is -2.24. The van der Waals surface area contributed by atoms with Crippen molar-refractivity contribution in [2.75, 3.05) is 6.61 Å². The molecule has 0 radical (unpaired) electrons. The third-order valence-corrected chi connectivity index (χ3v) is 4.02. The van der Waals surface area contributed by atoms with Crippen LogP contribution in [0.15, 0.2) is 0 Å². The summed E-state index contributed by atoms with van der Waals surface area (Å²) in [5.41, 5.74) is 0. The molecule has 1 aliphatic rings. The standard InChI is InChI=1S/C10H14F3IO4/c1-3-8(2,14)7(15)18-6-4-9(16,17-5-6)10(11,12)13/h6,16H,3-5H2,1-2H3. The van der Waals surface area contributed by atoms with Gasteiger partial charge in [0.25, 0.3) is 5.79 Å². The Morgan fingerprint density at radius 3 is 2.56 bits per heavy atom. The molecule has 0 amide bonds. The zero-order valence-corrected chi connectivity index (χ0v) is 12.0. The first-order valence-corrected chi connectivity index (χ1v) is 6.43. The molecule has 3 unspecified atom stereocenters. The minimum atomic E-state index is -4.90. The van der Waals surface area contributed by atoms with Crippen LogP contribution in [0.4, 0.5) is 13.2 Å². The topological polar surface area (TPSA) is 55.8 Å². The SMILES string of the molecule is CCC(C)(I)C(=O)OC1COC(O)(C(F)(F)F)C1. The molecule has 0 aromatic carbocycles. The second-order valence-electron chi connectivity index (χ2n) is 4.38. The van der Waals surface area contributed by atoms with Crippen molar-refractivity contribution < 1.29 is 32.5 Å². The Morgan fingerprint density at radius 2 is 2.17 bits per heavy atom. The van der Waals surface area contributed by atoms with E-state index in [2.05, 4.69) is 4.74 Å². The second-order valence-corrected chi connectivity index (χ2v) is 6.76. The van der Waals surface area contributed by atoms with Crippen LogP contribution < -0.4 is 0 Å². The molecule has 18 heavy (non-hydrogen) atoms. The molecule has 1 fully saturated rings. The number of rotatable bonds is 3. The van der Waals surface area contributed by atoms with Gasteiger partial charge in [0.1, 0.15) is 9.53 Å². The highest BCUT2D eigenvalue weighted by atomic mass is 127. The van der Waals surface area contributed by atoms with Crippen molar-refractivity contribution in [2.45, 2.75) is 48.2 Å². The molecule has 3 atom stereocenters. The predicted molar refractivity (Wildman–Crippen MR) is 64.2 cm³/mol. The molecule has 0 aliphatic carbocycles. The van der Waals surface area contributed by atoms with Crippen LogP contribution in [0.25, 0.3) is 0 Å². The van der Waals surface area contributed by atoms with Gasteiger partial charge >= 0.3 is 12.1 Å². The molecule has 0 saturated carbocycles. The molecule has 1 N–H and O–H groups in total. The van der Waals surface area contributed by atoms with Gasteiger partial charge in [0.05, 0.1) is 13.0 Å². The van der Waals surface area contributed by atoms with Crippen molar-refractivity contribution >= 4 is 28.6 Å². The number of alkyl halides is 4. The quantitative estimate of drug-likeness (QED) is 0.462. The van der Waals surface area contributed by atoms with Crippen LogP contribution in [0.1, 0.15) is 26.7 Å². The van der Waals surface area contributed by atoms with Crippen molar-refractivity contribution in [3.63, 3.8) is 0 Å². The number of carbonyl (C=O) groups is 1. The van der Waals surface area contributed by atoms with E-state index < -0.39 is 40.5 Å². The molecule has 0 bridgehead atoms. The van der Waals surface area contributed by atoms with Gasteiger partial charge in [-0.05, 0) is 13.3 Å². The van der Waals surface area contributed by atoms with E-state index in [-0.39, 0.29) is 0 Å². The van der Waals surface area contributed by atoms with E-state index in [9.17, 15) is 23.1 Å². The average Bonchev–Trinajstić information content (AvgIpc) is 2.60. The molecular formula is C10H14F3IO4. The van der Waals surface area contributed by atoms with Gasteiger partial charge in [-0.15, -0.1) is 0 Å². The maximum absolute atomic E-state index is 12.4. The van der Waals surface area contributed by atoms with E-state index in [1.807, 2.05) is 22.6 Å². The lowest BCUT2D eigenvalue weighted by molar-refractivity contribution is -0.349. The minimum absolute atomic E-state index is 0.460. The third-order valence-electron chi connectivity index (χ3n) is 2.82. The van der Waals surface area contributed by atoms with E-state index in [0.717, 1.165) is 0 Å². The molecule has 1 rings (SSSR count). The lowest BCUT2D eigenvalue weighted by Crippen LogP contribution is -2.45. The highest BCUT2D eigenvalue weighted by molar-refractivity contribution is 14.1. The van der Waals surface area contributed by atoms with Crippen molar-refractivity contribution in [2.24, 2.45) is 0 Å². The Balaban J connectivity index is 2.62. The Kier molecular flexibility index (Phi) is 4.54. The maximum atomic E-state index is 12.4. The smallest absolute Gasteiger partial charge is 0.443 e. The first-order valence-electron chi connectivity index (χ1n) is 5.35. The summed E-state index contributed by atoms with van der Waals surface area (Å²) in [4.78, 5) is 11.7. The van der Waals surface area contributed by atoms with Crippen LogP contribution in [-0.2, 0) is 14.3 Å². The van der Waals surface area contributed by atoms with E-state index in [4.69, 9.17) is 4.74 Å². The minimum Gasteiger partial charge on any atom is -0.459 e. The van der Waals surface area contributed by atoms with Gasteiger partial charge < -0.3 is 14.6 Å². The Bertz CT molecular complexity index is 332. The van der Waals surface area contributed by atoms with Gasteiger partial charge in [-0.3, -0.25) is 4.79 Å². The summed E-state index contributed by atoms with van der Waals surface area (Å²) < 4.78 is 45.8.